The molecule has 1 fully saturated rings. The molecular weight excluding hydrogens is 315 g/mol. The lowest BCUT2D eigenvalue weighted by Gasteiger charge is -2.17. The first kappa shape index (κ1) is 15.9. The molecule has 1 saturated heterocycles. The van der Waals surface area contributed by atoms with Crippen LogP contribution < -0.4 is 5.32 Å². The van der Waals surface area contributed by atoms with Crippen LogP contribution in [0.1, 0.15) is 19.2 Å². The number of anilines is 1. The molecule has 2 aromatic heterocycles. The Morgan fingerprint density at radius 1 is 1.43 bits per heavy atom. The molecule has 1 aliphatic rings. The van der Waals surface area contributed by atoms with E-state index in [0.29, 0.717) is 30.2 Å². The smallest absolute Gasteiger partial charge is 0.379 e. The van der Waals surface area contributed by atoms with Crippen molar-refractivity contribution in [2.45, 2.75) is 31.7 Å². The fraction of sp³-hybridized carbons (Fsp3) is 0.615. The number of ether oxygens (including phenoxy) is 2. The minimum atomic E-state index is -4.61. The highest BCUT2D eigenvalue weighted by molar-refractivity contribution is 5.44. The second kappa shape index (κ2) is 6.28. The number of rotatable bonds is 5. The Morgan fingerprint density at radius 3 is 2.96 bits per heavy atom. The molecule has 0 spiro atoms. The number of nitrogens with zero attached hydrogens (tertiary/aromatic N) is 4. The summed E-state index contributed by atoms with van der Waals surface area (Å²) < 4.78 is 50.0. The van der Waals surface area contributed by atoms with Gasteiger partial charge in [-0.05, 0) is 25.5 Å². The average molecular weight is 331 g/mol. The first-order valence-electron chi connectivity index (χ1n) is 7.19. The summed E-state index contributed by atoms with van der Waals surface area (Å²) in [5.74, 6) is -0.857. The minimum Gasteiger partial charge on any atom is -0.379 e. The van der Waals surface area contributed by atoms with E-state index >= 15 is 0 Å². The van der Waals surface area contributed by atoms with Crippen LogP contribution in [0.25, 0.3) is 5.65 Å². The molecule has 3 rings (SSSR count). The van der Waals surface area contributed by atoms with Gasteiger partial charge in [0.2, 0.25) is 0 Å². The first-order chi connectivity index (χ1) is 10.9. The van der Waals surface area contributed by atoms with Crippen molar-refractivity contribution in [1.29, 1.82) is 0 Å². The second-order valence-electron chi connectivity index (χ2n) is 5.37. The van der Waals surface area contributed by atoms with Crippen LogP contribution in [0.15, 0.2) is 12.1 Å². The molecule has 0 saturated carbocycles. The standard InChI is InChI=1S/C13H16F3N5O2/c1-8(6-23-9-4-5-22-7-9)17-10-2-3-11-18-19-12(13(14,15)16)21(11)20-10/h2-3,8-9H,4-7H2,1H3,(H,17,20). The van der Waals surface area contributed by atoms with Gasteiger partial charge in [0.15, 0.2) is 5.65 Å². The summed E-state index contributed by atoms with van der Waals surface area (Å²) in [7, 11) is 0. The van der Waals surface area contributed by atoms with Crippen LogP contribution in [0.2, 0.25) is 0 Å². The van der Waals surface area contributed by atoms with Gasteiger partial charge in [-0.25, -0.2) is 0 Å². The highest BCUT2D eigenvalue weighted by Crippen LogP contribution is 2.27. The Bertz CT molecular complexity index is 669. The number of fused-ring (bicyclic) bond motifs is 1. The predicted octanol–water partition coefficient (Wildman–Crippen LogP) is 1.75. The van der Waals surface area contributed by atoms with E-state index in [1.165, 1.54) is 6.07 Å². The summed E-state index contributed by atoms with van der Waals surface area (Å²) in [6.07, 6.45) is -3.68. The number of alkyl halides is 3. The Kier molecular flexibility index (Phi) is 4.35. The quantitative estimate of drug-likeness (QED) is 0.900. The van der Waals surface area contributed by atoms with Crippen molar-refractivity contribution in [2.75, 3.05) is 25.1 Å². The molecule has 10 heteroatoms. The van der Waals surface area contributed by atoms with Crippen molar-refractivity contribution in [3.63, 3.8) is 0 Å². The SMILES string of the molecule is CC(COC1CCOC1)Nc1ccc2nnc(C(F)(F)F)n2n1. The first-order valence-corrected chi connectivity index (χ1v) is 7.19. The van der Waals surface area contributed by atoms with E-state index in [4.69, 9.17) is 9.47 Å². The van der Waals surface area contributed by atoms with Gasteiger partial charge >= 0.3 is 6.18 Å². The summed E-state index contributed by atoms with van der Waals surface area (Å²) in [4.78, 5) is 0. The molecule has 2 unspecified atom stereocenters. The summed E-state index contributed by atoms with van der Waals surface area (Å²) in [5.41, 5.74) is 0.0369. The van der Waals surface area contributed by atoms with Crippen molar-refractivity contribution in [2.24, 2.45) is 0 Å². The van der Waals surface area contributed by atoms with Crippen molar-refractivity contribution in [3.05, 3.63) is 18.0 Å². The third-order valence-corrected chi connectivity index (χ3v) is 3.38. The van der Waals surface area contributed by atoms with E-state index in [0.717, 1.165) is 6.42 Å². The number of halogens is 3. The van der Waals surface area contributed by atoms with Crippen LogP contribution in [0, 0.1) is 0 Å². The largest absolute Gasteiger partial charge is 0.453 e. The zero-order valence-corrected chi connectivity index (χ0v) is 12.4. The molecule has 0 amide bonds. The van der Waals surface area contributed by atoms with Crippen LogP contribution in [0.3, 0.4) is 0 Å². The molecule has 3 heterocycles. The third-order valence-electron chi connectivity index (χ3n) is 3.38. The van der Waals surface area contributed by atoms with E-state index in [1.54, 1.807) is 6.07 Å². The molecule has 0 aromatic carbocycles. The third kappa shape index (κ3) is 3.70. The molecule has 0 radical (unpaired) electrons. The monoisotopic (exact) mass is 331 g/mol. The van der Waals surface area contributed by atoms with Crippen molar-refractivity contribution in [1.82, 2.24) is 19.8 Å². The summed E-state index contributed by atoms with van der Waals surface area (Å²) in [5, 5.41) is 13.5. The maximum absolute atomic E-state index is 12.8. The lowest BCUT2D eigenvalue weighted by molar-refractivity contribution is -0.146. The number of aromatic nitrogens is 4. The fourth-order valence-corrected chi connectivity index (χ4v) is 2.26. The number of nitrogens with one attached hydrogen (secondary N) is 1. The summed E-state index contributed by atoms with van der Waals surface area (Å²) in [6, 6.07) is 2.86. The fourth-order valence-electron chi connectivity index (χ4n) is 2.26. The van der Waals surface area contributed by atoms with Gasteiger partial charge in [-0.1, -0.05) is 0 Å². The number of hydrogen-bond donors (Lipinski definition) is 1. The van der Waals surface area contributed by atoms with E-state index in [-0.39, 0.29) is 17.8 Å². The Balaban J connectivity index is 1.67. The average Bonchev–Trinajstić information content (AvgIpc) is 3.13. The number of hydrogen-bond acceptors (Lipinski definition) is 6. The van der Waals surface area contributed by atoms with Crippen molar-refractivity contribution >= 4 is 11.5 Å². The molecule has 0 bridgehead atoms. The van der Waals surface area contributed by atoms with Gasteiger partial charge in [0, 0.05) is 12.6 Å². The molecule has 1 N–H and O–H groups in total. The zero-order chi connectivity index (χ0) is 16.4. The molecule has 7 nitrogen and oxygen atoms in total. The topological polar surface area (TPSA) is 73.6 Å². The van der Waals surface area contributed by atoms with Gasteiger partial charge in [-0.15, -0.1) is 15.3 Å². The van der Waals surface area contributed by atoms with Gasteiger partial charge in [0.05, 0.1) is 19.3 Å². The van der Waals surface area contributed by atoms with Crippen LogP contribution in [0.4, 0.5) is 19.0 Å². The lowest BCUT2D eigenvalue weighted by Crippen LogP contribution is -2.26. The van der Waals surface area contributed by atoms with Gasteiger partial charge in [-0.3, -0.25) is 0 Å². The van der Waals surface area contributed by atoms with E-state index < -0.39 is 12.0 Å². The maximum Gasteiger partial charge on any atom is 0.453 e. The summed E-state index contributed by atoms with van der Waals surface area (Å²) >= 11 is 0. The predicted molar refractivity (Wildman–Crippen MR) is 74.0 cm³/mol. The highest BCUT2D eigenvalue weighted by Gasteiger charge is 2.37. The molecule has 1 aliphatic heterocycles. The van der Waals surface area contributed by atoms with Crippen molar-refractivity contribution < 1.29 is 22.6 Å². The van der Waals surface area contributed by atoms with E-state index in [1.807, 2.05) is 6.92 Å². The molecular formula is C13H16F3N5O2. The van der Waals surface area contributed by atoms with Gasteiger partial charge in [0.25, 0.3) is 5.82 Å². The van der Waals surface area contributed by atoms with Gasteiger partial charge in [-0.2, -0.15) is 17.7 Å². The van der Waals surface area contributed by atoms with Crippen LogP contribution in [0.5, 0.6) is 0 Å². The van der Waals surface area contributed by atoms with Gasteiger partial charge in [0.1, 0.15) is 5.82 Å². The molecule has 2 atom stereocenters. The van der Waals surface area contributed by atoms with Crippen LogP contribution >= 0.6 is 0 Å². The minimum absolute atomic E-state index is 0.0369. The molecule has 0 aliphatic carbocycles. The second-order valence-corrected chi connectivity index (χ2v) is 5.37. The Morgan fingerprint density at radius 2 is 2.26 bits per heavy atom. The normalized spacial score (nSPS) is 20.1. The zero-order valence-electron chi connectivity index (χ0n) is 12.4. The molecule has 126 valence electrons. The van der Waals surface area contributed by atoms with Crippen LogP contribution in [-0.2, 0) is 15.7 Å². The Labute approximate surface area is 129 Å². The van der Waals surface area contributed by atoms with E-state index in [2.05, 4.69) is 20.6 Å². The van der Waals surface area contributed by atoms with Gasteiger partial charge < -0.3 is 14.8 Å². The molecule has 23 heavy (non-hydrogen) atoms. The highest BCUT2D eigenvalue weighted by atomic mass is 19.4. The van der Waals surface area contributed by atoms with Crippen LogP contribution in [-0.4, -0.2) is 51.8 Å². The maximum atomic E-state index is 12.8. The summed E-state index contributed by atoms with van der Waals surface area (Å²) in [6.45, 7) is 3.53. The molecule has 2 aromatic rings. The van der Waals surface area contributed by atoms with Crippen molar-refractivity contribution in [3.8, 4) is 0 Å². The Hall–Kier alpha value is -1.94. The lowest BCUT2D eigenvalue weighted by atomic mass is 10.3. The van der Waals surface area contributed by atoms with E-state index in [9.17, 15) is 13.2 Å².